The number of aromatic nitrogens is 1. The number of nitro benzene ring substituents is 1. The minimum absolute atomic E-state index is 0.146. The molecule has 5 heteroatoms. The lowest BCUT2D eigenvalue weighted by molar-refractivity contribution is -0.384. The molecule has 0 amide bonds. The molecule has 0 atom stereocenters. The molecule has 0 aliphatic heterocycles. The molecule has 2 rings (SSSR count). The first-order chi connectivity index (χ1) is 6.59. The molecule has 1 N–H and O–H groups in total. The topological polar surface area (TPSA) is 58.9 Å². The minimum atomic E-state index is -0.366. The Morgan fingerprint density at radius 1 is 1.50 bits per heavy atom. The molecular weight excluding hydrogens is 295 g/mol. The molecule has 2 aromatic rings. The molecule has 0 radical (unpaired) electrons. The monoisotopic (exact) mass is 302 g/mol. The molecule has 0 fully saturated rings. The fourth-order valence-electron chi connectivity index (χ4n) is 1.47. The molecule has 0 unspecified atom stereocenters. The van der Waals surface area contributed by atoms with E-state index in [9.17, 15) is 10.1 Å². The van der Waals surface area contributed by atoms with E-state index in [1.165, 1.54) is 0 Å². The number of nitro groups is 1. The smallest absolute Gasteiger partial charge is 0.270 e. The van der Waals surface area contributed by atoms with E-state index in [0.717, 1.165) is 20.0 Å². The van der Waals surface area contributed by atoms with Gasteiger partial charge in [-0.25, -0.2) is 0 Å². The number of hydrogen-bond acceptors (Lipinski definition) is 2. The van der Waals surface area contributed by atoms with Crippen LogP contribution in [0.2, 0.25) is 0 Å². The number of nitrogens with one attached hydrogen (secondary N) is 1. The first-order valence-electron chi connectivity index (χ1n) is 4.01. The molecule has 0 spiro atoms. The summed E-state index contributed by atoms with van der Waals surface area (Å²) < 4.78 is 1.00. The predicted molar refractivity (Wildman–Crippen MR) is 62.4 cm³/mol. The van der Waals surface area contributed by atoms with Crippen molar-refractivity contribution in [3.05, 3.63) is 37.6 Å². The number of fused-ring (bicyclic) bond motifs is 1. The molecule has 72 valence electrons. The molecule has 0 aliphatic carbocycles. The van der Waals surface area contributed by atoms with Crippen LogP contribution in [0.15, 0.2) is 18.3 Å². The fraction of sp³-hybridized carbons (Fsp3) is 0.111. The number of hydrogen-bond donors (Lipinski definition) is 1. The first-order valence-corrected chi connectivity index (χ1v) is 5.09. The highest BCUT2D eigenvalue weighted by atomic mass is 127. The quantitative estimate of drug-likeness (QED) is 0.500. The van der Waals surface area contributed by atoms with Gasteiger partial charge >= 0.3 is 0 Å². The van der Waals surface area contributed by atoms with Crippen LogP contribution in [0, 0.1) is 20.6 Å². The minimum Gasteiger partial charge on any atom is -0.360 e. The highest BCUT2D eigenvalue weighted by Crippen LogP contribution is 2.27. The summed E-state index contributed by atoms with van der Waals surface area (Å²) in [6.45, 7) is 1.86. The number of rotatable bonds is 1. The first kappa shape index (κ1) is 9.45. The Morgan fingerprint density at radius 3 is 2.86 bits per heavy atom. The average molecular weight is 302 g/mol. The second-order valence-electron chi connectivity index (χ2n) is 3.08. The van der Waals surface area contributed by atoms with Crippen molar-refractivity contribution in [2.45, 2.75) is 6.92 Å². The molecule has 0 saturated carbocycles. The average Bonchev–Trinajstić information content (AvgIpc) is 2.48. The summed E-state index contributed by atoms with van der Waals surface area (Å²) in [4.78, 5) is 13.3. The Morgan fingerprint density at radius 2 is 2.21 bits per heavy atom. The van der Waals surface area contributed by atoms with Gasteiger partial charge in [0.1, 0.15) is 0 Å². The Bertz CT molecular complexity index is 519. The zero-order valence-electron chi connectivity index (χ0n) is 7.37. The van der Waals surface area contributed by atoms with E-state index in [1.807, 2.05) is 13.1 Å². The maximum Gasteiger partial charge on any atom is 0.270 e. The summed E-state index contributed by atoms with van der Waals surface area (Å²) in [6, 6.07) is 3.18. The van der Waals surface area contributed by atoms with E-state index in [-0.39, 0.29) is 10.6 Å². The van der Waals surface area contributed by atoms with E-state index < -0.39 is 0 Å². The number of benzene rings is 1. The Kier molecular flexibility index (Phi) is 2.18. The molecule has 14 heavy (non-hydrogen) atoms. The molecule has 1 heterocycles. The van der Waals surface area contributed by atoms with Gasteiger partial charge in [0.15, 0.2) is 0 Å². The van der Waals surface area contributed by atoms with Crippen LogP contribution in [0.3, 0.4) is 0 Å². The highest BCUT2D eigenvalue weighted by Gasteiger charge is 2.11. The van der Waals surface area contributed by atoms with Crippen LogP contribution in [0.4, 0.5) is 5.69 Å². The van der Waals surface area contributed by atoms with Crippen LogP contribution >= 0.6 is 22.6 Å². The van der Waals surface area contributed by atoms with Crippen molar-refractivity contribution in [2.24, 2.45) is 0 Å². The zero-order valence-corrected chi connectivity index (χ0v) is 9.53. The molecular formula is C9H7IN2O2. The number of nitrogens with zero attached hydrogens (tertiary/aromatic N) is 1. The van der Waals surface area contributed by atoms with Gasteiger partial charge in [-0.3, -0.25) is 10.1 Å². The van der Waals surface area contributed by atoms with Crippen LogP contribution < -0.4 is 0 Å². The van der Waals surface area contributed by atoms with Crippen LogP contribution in [0.25, 0.3) is 10.9 Å². The molecule has 0 aliphatic rings. The van der Waals surface area contributed by atoms with Gasteiger partial charge in [0.05, 0.1) is 4.92 Å². The van der Waals surface area contributed by atoms with Crippen LogP contribution in [-0.4, -0.2) is 9.91 Å². The summed E-state index contributed by atoms with van der Waals surface area (Å²) in [5.74, 6) is 0. The number of halogens is 1. The van der Waals surface area contributed by atoms with Crippen LogP contribution in [-0.2, 0) is 0 Å². The number of aromatic amines is 1. The van der Waals surface area contributed by atoms with Crippen molar-refractivity contribution in [2.75, 3.05) is 0 Å². The van der Waals surface area contributed by atoms with Gasteiger partial charge in [-0.2, -0.15) is 0 Å². The van der Waals surface area contributed by atoms with Gasteiger partial charge in [-0.15, -0.1) is 0 Å². The summed E-state index contributed by atoms with van der Waals surface area (Å²) in [7, 11) is 0. The molecule has 4 nitrogen and oxygen atoms in total. The third-order valence-corrected chi connectivity index (χ3v) is 3.02. The number of H-pyrrole nitrogens is 1. The second kappa shape index (κ2) is 3.23. The molecule has 1 aromatic carbocycles. The fourth-order valence-corrected chi connectivity index (χ4v) is 2.05. The third kappa shape index (κ3) is 1.37. The van der Waals surface area contributed by atoms with Crippen molar-refractivity contribution in [1.29, 1.82) is 0 Å². The maximum absolute atomic E-state index is 10.6. The van der Waals surface area contributed by atoms with Crippen molar-refractivity contribution < 1.29 is 4.92 Å². The van der Waals surface area contributed by atoms with E-state index in [2.05, 4.69) is 27.6 Å². The van der Waals surface area contributed by atoms with E-state index >= 15 is 0 Å². The largest absolute Gasteiger partial charge is 0.360 e. The van der Waals surface area contributed by atoms with Gasteiger partial charge in [0.25, 0.3) is 5.69 Å². The van der Waals surface area contributed by atoms with Crippen molar-refractivity contribution in [3.8, 4) is 0 Å². The van der Waals surface area contributed by atoms with Crippen LogP contribution in [0.5, 0.6) is 0 Å². The summed E-state index contributed by atoms with van der Waals surface area (Å²) in [5, 5.41) is 11.5. The third-order valence-electron chi connectivity index (χ3n) is 2.13. The normalized spacial score (nSPS) is 10.7. The Balaban J connectivity index is 2.82. The Hall–Kier alpha value is -1.11. The highest BCUT2D eigenvalue weighted by molar-refractivity contribution is 14.1. The number of aryl methyl sites for hydroxylation is 1. The van der Waals surface area contributed by atoms with Gasteiger partial charge < -0.3 is 4.98 Å². The number of non-ortho nitro benzene ring substituents is 1. The van der Waals surface area contributed by atoms with Crippen molar-refractivity contribution in [3.63, 3.8) is 0 Å². The molecule has 0 saturated heterocycles. The second-order valence-corrected chi connectivity index (χ2v) is 4.24. The van der Waals surface area contributed by atoms with E-state index in [4.69, 9.17) is 0 Å². The summed E-state index contributed by atoms with van der Waals surface area (Å²) in [6.07, 6.45) is 1.85. The van der Waals surface area contributed by atoms with Gasteiger partial charge in [-0.05, 0) is 35.1 Å². The van der Waals surface area contributed by atoms with Gasteiger partial charge in [-0.1, -0.05) is 0 Å². The maximum atomic E-state index is 10.6. The summed E-state index contributed by atoms with van der Waals surface area (Å²) >= 11 is 2.16. The van der Waals surface area contributed by atoms with Crippen LogP contribution in [0.1, 0.15) is 5.56 Å². The van der Waals surface area contributed by atoms with Gasteiger partial charge in [0.2, 0.25) is 0 Å². The zero-order chi connectivity index (χ0) is 10.3. The lowest BCUT2D eigenvalue weighted by Gasteiger charge is -1.97. The molecule has 0 bridgehead atoms. The molecule has 1 aromatic heterocycles. The van der Waals surface area contributed by atoms with E-state index in [1.54, 1.807) is 12.1 Å². The standard InChI is InChI=1S/C9H7IN2O2/c1-5-2-6(12(13)14)3-7-8(10)4-11-9(5)7/h2-4,11H,1H3. The van der Waals surface area contributed by atoms with Crippen molar-refractivity contribution >= 4 is 39.2 Å². The Labute approximate surface area is 93.6 Å². The lowest BCUT2D eigenvalue weighted by Crippen LogP contribution is -1.89. The van der Waals surface area contributed by atoms with E-state index in [0.29, 0.717) is 0 Å². The van der Waals surface area contributed by atoms with Crippen molar-refractivity contribution in [1.82, 2.24) is 4.98 Å². The lowest BCUT2D eigenvalue weighted by atomic mass is 10.1. The predicted octanol–water partition coefficient (Wildman–Crippen LogP) is 2.99. The SMILES string of the molecule is Cc1cc([N+](=O)[O-])cc2c(I)c[nH]c12. The summed E-state index contributed by atoms with van der Waals surface area (Å²) in [5.41, 5.74) is 2.02. The van der Waals surface area contributed by atoms with Gasteiger partial charge in [0, 0.05) is 32.8 Å².